The van der Waals surface area contributed by atoms with Crippen LogP contribution in [0.3, 0.4) is 0 Å². The minimum atomic E-state index is 0.0836. The summed E-state index contributed by atoms with van der Waals surface area (Å²) in [5.74, 6) is 0.924. The molecule has 19 heavy (non-hydrogen) atoms. The minimum absolute atomic E-state index is 0.0836. The molecule has 1 heterocycles. The second-order valence-corrected chi connectivity index (χ2v) is 4.97. The molecule has 2 aromatic rings. The van der Waals surface area contributed by atoms with Crippen molar-refractivity contribution in [2.45, 2.75) is 26.9 Å². The summed E-state index contributed by atoms with van der Waals surface area (Å²) in [6.07, 6.45) is 0.0836. The van der Waals surface area contributed by atoms with Crippen LogP contribution in [0.2, 0.25) is 5.02 Å². The van der Waals surface area contributed by atoms with Gasteiger partial charge in [-0.3, -0.25) is 0 Å². The van der Waals surface area contributed by atoms with Gasteiger partial charge in [-0.2, -0.15) is 0 Å². The number of ether oxygens (including phenoxy) is 1. The van der Waals surface area contributed by atoms with Gasteiger partial charge in [0, 0.05) is 11.3 Å². The first-order chi connectivity index (χ1) is 8.95. The molecule has 1 aromatic carbocycles. The lowest BCUT2D eigenvalue weighted by atomic mass is 10.1. The first-order valence-electron chi connectivity index (χ1n) is 6.03. The zero-order valence-electron chi connectivity index (χ0n) is 11.1. The fourth-order valence-corrected chi connectivity index (χ4v) is 1.97. The zero-order valence-corrected chi connectivity index (χ0v) is 11.9. The molecule has 0 bridgehead atoms. The summed E-state index contributed by atoms with van der Waals surface area (Å²) < 4.78 is 5.59. The molecule has 0 saturated carbocycles. The van der Waals surface area contributed by atoms with E-state index in [9.17, 15) is 0 Å². The highest BCUT2D eigenvalue weighted by Crippen LogP contribution is 2.30. The molecular formula is C14H16ClN3O. The van der Waals surface area contributed by atoms with Gasteiger partial charge in [-0.05, 0) is 45.0 Å². The number of aryl methyl sites for hydroxylation is 1. The van der Waals surface area contributed by atoms with Crippen molar-refractivity contribution in [2.24, 2.45) is 0 Å². The number of nitrogens with zero attached hydrogens (tertiary/aromatic N) is 2. The first-order valence-corrected chi connectivity index (χ1v) is 6.41. The number of hydrogen-bond acceptors (Lipinski definition) is 4. The van der Waals surface area contributed by atoms with Gasteiger partial charge in [-0.25, -0.2) is 9.97 Å². The van der Waals surface area contributed by atoms with E-state index in [4.69, 9.17) is 22.1 Å². The lowest BCUT2D eigenvalue weighted by molar-refractivity contribution is 0.242. The lowest BCUT2D eigenvalue weighted by Crippen LogP contribution is -2.05. The number of benzene rings is 1. The standard InChI is InChI=1S/C14H16ClN3O/c1-8(2)19-13-5-4-10(7-11(13)15)12-6-9(3)17-14(16)18-12/h4-8H,1-3H3,(H2,16,17,18). The highest BCUT2D eigenvalue weighted by Gasteiger charge is 2.08. The number of rotatable bonds is 3. The number of hydrogen-bond donors (Lipinski definition) is 1. The smallest absolute Gasteiger partial charge is 0.220 e. The quantitative estimate of drug-likeness (QED) is 0.933. The molecular weight excluding hydrogens is 262 g/mol. The van der Waals surface area contributed by atoms with Crippen molar-refractivity contribution >= 4 is 17.5 Å². The summed E-state index contributed by atoms with van der Waals surface area (Å²) >= 11 is 6.20. The number of aromatic nitrogens is 2. The maximum Gasteiger partial charge on any atom is 0.220 e. The SMILES string of the molecule is Cc1cc(-c2ccc(OC(C)C)c(Cl)c2)nc(N)n1. The van der Waals surface area contributed by atoms with E-state index in [1.54, 1.807) is 0 Å². The molecule has 1 aromatic heterocycles. The number of nitrogen functional groups attached to an aromatic ring is 1. The van der Waals surface area contributed by atoms with Crippen LogP contribution in [-0.2, 0) is 0 Å². The van der Waals surface area contributed by atoms with Crippen LogP contribution in [0.15, 0.2) is 24.3 Å². The van der Waals surface area contributed by atoms with E-state index in [0.29, 0.717) is 10.8 Å². The van der Waals surface area contributed by atoms with Crippen LogP contribution in [0.5, 0.6) is 5.75 Å². The van der Waals surface area contributed by atoms with Crippen molar-refractivity contribution in [3.05, 3.63) is 35.0 Å². The molecule has 4 nitrogen and oxygen atoms in total. The Morgan fingerprint density at radius 2 is 1.95 bits per heavy atom. The first kappa shape index (κ1) is 13.6. The van der Waals surface area contributed by atoms with Gasteiger partial charge in [-0.15, -0.1) is 0 Å². The predicted molar refractivity (Wildman–Crippen MR) is 77.4 cm³/mol. The van der Waals surface area contributed by atoms with Gasteiger partial charge >= 0.3 is 0 Å². The highest BCUT2D eigenvalue weighted by atomic mass is 35.5. The van der Waals surface area contributed by atoms with Crippen molar-refractivity contribution in [1.82, 2.24) is 9.97 Å². The Balaban J connectivity index is 2.38. The van der Waals surface area contributed by atoms with Gasteiger partial charge in [0.05, 0.1) is 16.8 Å². The Bertz CT molecular complexity index is 579. The number of halogens is 1. The molecule has 0 unspecified atom stereocenters. The zero-order chi connectivity index (χ0) is 14.0. The minimum Gasteiger partial charge on any atom is -0.489 e. The molecule has 0 radical (unpaired) electrons. The van der Waals surface area contributed by atoms with E-state index in [0.717, 1.165) is 17.0 Å². The maximum absolute atomic E-state index is 6.20. The van der Waals surface area contributed by atoms with Crippen LogP contribution >= 0.6 is 11.6 Å². The van der Waals surface area contributed by atoms with E-state index >= 15 is 0 Å². The molecule has 0 amide bonds. The molecule has 0 aliphatic carbocycles. The van der Waals surface area contributed by atoms with E-state index in [-0.39, 0.29) is 12.1 Å². The summed E-state index contributed by atoms with van der Waals surface area (Å²) in [7, 11) is 0. The van der Waals surface area contributed by atoms with Crippen LogP contribution in [0.1, 0.15) is 19.5 Å². The molecule has 0 atom stereocenters. The molecule has 2 N–H and O–H groups in total. The second-order valence-electron chi connectivity index (χ2n) is 4.56. The van der Waals surface area contributed by atoms with Gasteiger partial charge in [0.1, 0.15) is 5.75 Å². The van der Waals surface area contributed by atoms with Gasteiger partial charge in [-0.1, -0.05) is 11.6 Å². The van der Waals surface area contributed by atoms with Crippen LogP contribution in [-0.4, -0.2) is 16.1 Å². The van der Waals surface area contributed by atoms with E-state index < -0.39 is 0 Å². The summed E-state index contributed by atoms with van der Waals surface area (Å²) in [5.41, 5.74) is 8.11. The normalized spacial score (nSPS) is 10.8. The fraction of sp³-hybridized carbons (Fsp3) is 0.286. The van der Waals surface area contributed by atoms with Crippen molar-refractivity contribution < 1.29 is 4.74 Å². The molecule has 5 heteroatoms. The van der Waals surface area contributed by atoms with Gasteiger partial charge in [0.2, 0.25) is 5.95 Å². The summed E-state index contributed by atoms with van der Waals surface area (Å²) in [6.45, 7) is 5.79. The Kier molecular flexibility index (Phi) is 3.90. The van der Waals surface area contributed by atoms with Crippen molar-refractivity contribution in [3.8, 4) is 17.0 Å². The Labute approximate surface area is 117 Å². The number of nitrogens with two attached hydrogens (primary N) is 1. The second kappa shape index (κ2) is 5.45. The molecule has 0 aliphatic heterocycles. The van der Waals surface area contributed by atoms with Crippen LogP contribution < -0.4 is 10.5 Å². The third-order valence-electron chi connectivity index (χ3n) is 2.46. The average Bonchev–Trinajstić information content (AvgIpc) is 2.30. The lowest BCUT2D eigenvalue weighted by Gasteiger charge is -2.12. The van der Waals surface area contributed by atoms with Crippen molar-refractivity contribution in [3.63, 3.8) is 0 Å². The van der Waals surface area contributed by atoms with Gasteiger partial charge in [0.25, 0.3) is 0 Å². The van der Waals surface area contributed by atoms with E-state index in [2.05, 4.69) is 9.97 Å². The maximum atomic E-state index is 6.20. The molecule has 0 saturated heterocycles. The van der Waals surface area contributed by atoms with Crippen LogP contribution in [0.25, 0.3) is 11.3 Å². The largest absolute Gasteiger partial charge is 0.489 e. The molecule has 0 spiro atoms. The fourth-order valence-electron chi connectivity index (χ4n) is 1.75. The van der Waals surface area contributed by atoms with Gasteiger partial charge in [0.15, 0.2) is 0 Å². The summed E-state index contributed by atoms with van der Waals surface area (Å²) in [5, 5.41) is 0.557. The van der Waals surface area contributed by atoms with E-state index in [1.807, 2.05) is 45.0 Å². The number of anilines is 1. The Hall–Kier alpha value is -1.81. The summed E-state index contributed by atoms with van der Waals surface area (Å²) in [6, 6.07) is 7.43. The molecule has 100 valence electrons. The topological polar surface area (TPSA) is 61.0 Å². The molecule has 0 fully saturated rings. The predicted octanol–water partition coefficient (Wildman–Crippen LogP) is 3.47. The van der Waals surface area contributed by atoms with E-state index in [1.165, 1.54) is 0 Å². The van der Waals surface area contributed by atoms with Crippen molar-refractivity contribution in [1.29, 1.82) is 0 Å². The Morgan fingerprint density at radius 3 is 2.53 bits per heavy atom. The summed E-state index contributed by atoms with van der Waals surface area (Å²) in [4.78, 5) is 8.25. The van der Waals surface area contributed by atoms with Crippen LogP contribution in [0.4, 0.5) is 5.95 Å². The third-order valence-corrected chi connectivity index (χ3v) is 2.76. The van der Waals surface area contributed by atoms with Gasteiger partial charge < -0.3 is 10.5 Å². The highest BCUT2D eigenvalue weighted by molar-refractivity contribution is 6.32. The third kappa shape index (κ3) is 3.35. The molecule has 2 rings (SSSR count). The molecule has 0 aliphatic rings. The Morgan fingerprint density at radius 1 is 1.21 bits per heavy atom. The monoisotopic (exact) mass is 277 g/mol. The average molecular weight is 278 g/mol. The van der Waals surface area contributed by atoms with Crippen LogP contribution in [0, 0.1) is 6.92 Å². The van der Waals surface area contributed by atoms with Crippen molar-refractivity contribution in [2.75, 3.05) is 5.73 Å².